The molecule has 102 valence electrons. The van der Waals surface area contributed by atoms with E-state index in [0.29, 0.717) is 17.7 Å². The summed E-state index contributed by atoms with van der Waals surface area (Å²) in [7, 11) is 0. The second kappa shape index (κ2) is 6.44. The molecule has 1 aromatic rings. The first-order chi connectivity index (χ1) is 8.30. The Morgan fingerprint density at radius 3 is 2.61 bits per heavy atom. The molecule has 2 nitrogen and oxygen atoms in total. The minimum Gasteiger partial charge on any atom is -0.491 e. The van der Waals surface area contributed by atoms with Crippen LogP contribution in [0.25, 0.3) is 0 Å². The van der Waals surface area contributed by atoms with Gasteiger partial charge in [0.25, 0.3) is 0 Å². The molecule has 0 amide bonds. The van der Waals surface area contributed by atoms with Crippen LogP contribution in [0.1, 0.15) is 33.3 Å². The van der Waals surface area contributed by atoms with Gasteiger partial charge < -0.3 is 10.1 Å². The SMILES string of the molecule is Cc1ccc(Cl)c(OCC(C)(C)CNC(C)C)c1. The molecule has 0 atom stereocenters. The van der Waals surface area contributed by atoms with Crippen molar-refractivity contribution in [3.63, 3.8) is 0 Å². The van der Waals surface area contributed by atoms with Crippen molar-refractivity contribution < 1.29 is 4.74 Å². The van der Waals surface area contributed by atoms with Crippen molar-refractivity contribution in [2.24, 2.45) is 5.41 Å². The van der Waals surface area contributed by atoms with E-state index in [1.54, 1.807) is 0 Å². The Bertz CT molecular complexity index is 388. The Hall–Kier alpha value is -0.730. The van der Waals surface area contributed by atoms with Gasteiger partial charge in [0.2, 0.25) is 0 Å². The van der Waals surface area contributed by atoms with Crippen LogP contribution < -0.4 is 10.1 Å². The molecule has 0 radical (unpaired) electrons. The van der Waals surface area contributed by atoms with E-state index < -0.39 is 0 Å². The van der Waals surface area contributed by atoms with Gasteiger partial charge in [-0.1, -0.05) is 45.4 Å². The van der Waals surface area contributed by atoms with Crippen molar-refractivity contribution in [2.75, 3.05) is 13.2 Å². The lowest BCUT2D eigenvalue weighted by atomic mass is 9.94. The van der Waals surface area contributed by atoms with Crippen molar-refractivity contribution >= 4 is 11.6 Å². The van der Waals surface area contributed by atoms with E-state index in [2.05, 4.69) is 33.0 Å². The van der Waals surface area contributed by atoms with Gasteiger partial charge >= 0.3 is 0 Å². The average Bonchev–Trinajstić information content (AvgIpc) is 2.28. The predicted molar refractivity (Wildman–Crippen MR) is 78.6 cm³/mol. The summed E-state index contributed by atoms with van der Waals surface area (Å²) < 4.78 is 5.84. The zero-order valence-electron chi connectivity index (χ0n) is 12.0. The lowest BCUT2D eigenvalue weighted by Crippen LogP contribution is -2.37. The average molecular weight is 270 g/mol. The first-order valence-corrected chi connectivity index (χ1v) is 6.80. The first-order valence-electron chi connectivity index (χ1n) is 6.42. The molecule has 18 heavy (non-hydrogen) atoms. The molecular formula is C15H24ClNO. The fourth-order valence-corrected chi connectivity index (χ4v) is 1.70. The summed E-state index contributed by atoms with van der Waals surface area (Å²) in [4.78, 5) is 0. The first kappa shape index (κ1) is 15.3. The van der Waals surface area contributed by atoms with Gasteiger partial charge in [-0.05, 0) is 24.6 Å². The van der Waals surface area contributed by atoms with Gasteiger partial charge in [-0.25, -0.2) is 0 Å². The zero-order chi connectivity index (χ0) is 13.8. The summed E-state index contributed by atoms with van der Waals surface area (Å²) in [6.45, 7) is 12.3. The molecule has 0 aromatic heterocycles. The smallest absolute Gasteiger partial charge is 0.138 e. The number of ether oxygens (including phenoxy) is 1. The Morgan fingerprint density at radius 2 is 2.00 bits per heavy atom. The topological polar surface area (TPSA) is 21.3 Å². The fraction of sp³-hybridized carbons (Fsp3) is 0.600. The Morgan fingerprint density at radius 1 is 1.33 bits per heavy atom. The van der Waals surface area contributed by atoms with Crippen LogP contribution in [0.3, 0.4) is 0 Å². The highest BCUT2D eigenvalue weighted by molar-refractivity contribution is 6.32. The Balaban J connectivity index is 2.55. The van der Waals surface area contributed by atoms with E-state index in [1.165, 1.54) is 0 Å². The number of rotatable bonds is 6. The van der Waals surface area contributed by atoms with Gasteiger partial charge in [-0.3, -0.25) is 0 Å². The molecule has 0 aliphatic heterocycles. The molecule has 0 aliphatic rings. The highest BCUT2D eigenvalue weighted by Gasteiger charge is 2.19. The van der Waals surface area contributed by atoms with E-state index in [1.807, 2.05) is 25.1 Å². The molecule has 0 fully saturated rings. The summed E-state index contributed by atoms with van der Waals surface area (Å²) in [5.41, 5.74) is 1.24. The van der Waals surface area contributed by atoms with E-state index in [4.69, 9.17) is 16.3 Å². The molecule has 1 N–H and O–H groups in total. The lowest BCUT2D eigenvalue weighted by molar-refractivity contribution is 0.173. The van der Waals surface area contributed by atoms with E-state index in [9.17, 15) is 0 Å². The number of benzene rings is 1. The van der Waals surface area contributed by atoms with E-state index in [-0.39, 0.29) is 5.41 Å². The van der Waals surface area contributed by atoms with Gasteiger partial charge in [0.1, 0.15) is 5.75 Å². The molecule has 0 saturated heterocycles. The maximum Gasteiger partial charge on any atom is 0.138 e. The highest BCUT2D eigenvalue weighted by Crippen LogP contribution is 2.27. The quantitative estimate of drug-likeness (QED) is 0.841. The van der Waals surface area contributed by atoms with Gasteiger partial charge in [0, 0.05) is 18.0 Å². The number of hydrogen-bond donors (Lipinski definition) is 1. The van der Waals surface area contributed by atoms with Crippen LogP contribution in [0, 0.1) is 12.3 Å². The Kier molecular flexibility index (Phi) is 5.48. The summed E-state index contributed by atoms with van der Waals surface area (Å²) >= 11 is 6.11. The molecule has 0 aliphatic carbocycles. The molecular weight excluding hydrogens is 246 g/mol. The number of halogens is 1. The van der Waals surface area contributed by atoms with Gasteiger partial charge in [0.15, 0.2) is 0 Å². The van der Waals surface area contributed by atoms with Gasteiger partial charge in [0.05, 0.1) is 11.6 Å². The van der Waals surface area contributed by atoms with Crippen molar-refractivity contribution in [2.45, 2.75) is 40.7 Å². The van der Waals surface area contributed by atoms with Crippen LogP contribution in [-0.2, 0) is 0 Å². The van der Waals surface area contributed by atoms with Gasteiger partial charge in [-0.2, -0.15) is 0 Å². The molecule has 0 unspecified atom stereocenters. The van der Waals surface area contributed by atoms with Crippen LogP contribution in [-0.4, -0.2) is 19.2 Å². The van der Waals surface area contributed by atoms with Crippen molar-refractivity contribution in [3.8, 4) is 5.75 Å². The van der Waals surface area contributed by atoms with Crippen LogP contribution in [0.2, 0.25) is 5.02 Å². The molecule has 1 aromatic carbocycles. The fourth-order valence-electron chi connectivity index (χ4n) is 1.53. The summed E-state index contributed by atoms with van der Waals surface area (Å²) in [6.07, 6.45) is 0. The van der Waals surface area contributed by atoms with Crippen molar-refractivity contribution in [1.82, 2.24) is 5.32 Å². The summed E-state index contributed by atoms with van der Waals surface area (Å²) in [6, 6.07) is 6.34. The van der Waals surface area contributed by atoms with Crippen LogP contribution in [0.15, 0.2) is 18.2 Å². The molecule has 0 spiro atoms. The zero-order valence-corrected chi connectivity index (χ0v) is 12.8. The third-order valence-electron chi connectivity index (χ3n) is 2.69. The summed E-state index contributed by atoms with van der Waals surface area (Å²) in [5.74, 6) is 0.772. The van der Waals surface area contributed by atoms with Crippen LogP contribution in [0.4, 0.5) is 0 Å². The monoisotopic (exact) mass is 269 g/mol. The van der Waals surface area contributed by atoms with Crippen molar-refractivity contribution in [3.05, 3.63) is 28.8 Å². The highest BCUT2D eigenvalue weighted by atomic mass is 35.5. The maximum atomic E-state index is 6.11. The molecule has 0 saturated carbocycles. The molecule has 0 heterocycles. The minimum absolute atomic E-state index is 0.0807. The molecule has 1 rings (SSSR count). The normalized spacial score (nSPS) is 11.9. The number of aryl methyl sites for hydroxylation is 1. The third kappa shape index (κ3) is 5.28. The second-order valence-electron chi connectivity index (χ2n) is 5.92. The Labute approximate surface area is 116 Å². The van der Waals surface area contributed by atoms with E-state index in [0.717, 1.165) is 17.9 Å². The minimum atomic E-state index is 0.0807. The van der Waals surface area contributed by atoms with Gasteiger partial charge in [-0.15, -0.1) is 0 Å². The molecule has 3 heteroatoms. The third-order valence-corrected chi connectivity index (χ3v) is 3.01. The second-order valence-corrected chi connectivity index (χ2v) is 6.33. The maximum absolute atomic E-state index is 6.11. The van der Waals surface area contributed by atoms with Crippen LogP contribution in [0.5, 0.6) is 5.75 Å². The van der Waals surface area contributed by atoms with E-state index >= 15 is 0 Å². The summed E-state index contributed by atoms with van der Waals surface area (Å²) in [5, 5.41) is 4.11. The predicted octanol–water partition coefficient (Wildman–Crippen LogP) is 4.05. The largest absolute Gasteiger partial charge is 0.491 e. The number of nitrogens with one attached hydrogen (secondary N) is 1. The lowest BCUT2D eigenvalue weighted by Gasteiger charge is -2.26. The molecule has 0 bridgehead atoms. The standard InChI is InChI=1S/C15H24ClNO/c1-11(2)17-9-15(4,5)10-18-14-8-12(3)6-7-13(14)16/h6-8,11,17H,9-10H2,1-5H3. The van der Waals surface area contributed by atoms with Crippen molar-refractivity contribution in [1.29, 1.82) is 0 Å². The van der Waals surface area contributed by atoms with Crippen LogP contribution >= 0.6 is 11.6 Å². The number of hydrogen-bond acceptors (Lipinski definition) is 2.